The monoisotopic (exact) mass is 281 g/mol. The molecule has 1 aromatic carbocycles. The van der Waals surface area contributed by atoms with Crippen LogP contribution in [-0.2, 0) is 13.0 Å². The summed E-state index contributed by atoms with van der Waals surface area (Å²) in [6.45, 7) is 2.90. The highest BCUT2D eigenvalue weighted by atomic mass is 15.1. The number of benzene rings is 1. The molecule has 0 fully saturated rings. The fourth-order valence-corrected chi connectivity index (χ4v) is 2.39. The molecule has 0 amide bonds. The fraction of sp³-hybridized carbons (Fsp3) is 0.312. The Morgan fingerprint density at radius 3 is 2.67 bits per heavy atom. The molecule has 2 heterocycles. The molecule has 0 saturated carbocycles. The van der Waals surface area contributed by atoms with Crippen molar-refractivity contribution in [3.8, 4) is 0 Å². The second-order valence-electron chi connectivity index (χ2n) is 5.02. The second-order valence-corrected chi connectivity index (χ2v) is 5.02. The van der Waals surface area contributed by atoms with Gasteiger partial charge in [-0.25, -0.2) is 15.0 Å². The standard InChI is InChI=1S/C16H19N5/c1-3-7-13-19-15(17-2)14-16(20-13)21(11-18-14)10-12-8-5-4-6-9-12/h4-6,8-9,11H,3,7,10H2,1-2H3,(H,17,19,20). The second kappa shape index (κ2) is 5.91. The maximum atomic E-state index is 4.68. The Balaban J connectivity index is 2.05. The van der Waals surface area contributed by atoms with Gasteiger partial charge in [-0.05, 0) is 12.0 Å². The van der Waals surface area contributed by atoms with Crippen LogP contribution in [0.25, 0.3) is 11.2 Å². The van der Waals surface area contributed by atoms with Crippen molar-refractivity contribution < 1.29 is 0 Å². The van der Waals surface area contributed by atoms with Crippen molar-refractivity contribution in [2.24, 2.45) is 0 Å². The Bertz CT molecular complexity index is 733. The highest BCUT2D eigenvalue weighted by Gasteiger charge is 2.12. The molecule has 0 saturated heterocycles. The van der Waals surface area contributed by atoms with E-state index < -0.39 is 0 Å². The molecule has 0 bridgehead atoms. The van der Waals surface area contributed by atoms with Crippen LogP contribution in [0.15, 0.2) is 36.7 Å². The van der Waals surface area contributed by atoms with E-state index >= 15 is 0 Å². The third-order valence-corrected chi connectivity index (χ3v) is 3.42. The molecule has 0 spiro atoms. The van der Waals surface area contributed by atoms with E-state index in [0.29, 0.717) is 0 Å². The van der Waals surface area contributed by atoms with Crippen molar-refractivity contribution in [3.63, 3.8) is 0 Å². The molecule has 0 radical (unpaired) electrons. The molecule has 0 aliphatic rings. The highest BCUT2D eigenvalue weighted by Crippen LogP contribution is 2.20. The zero-order valence-electron chi connectivity index (χ0n) is 12.4. The number of aryl methyl sites for hydroxylation is 1. The molecule has 1 N–H and O–H groups in total. The maximum absolute atomic E-state index is 4.68. The summed E-state index contributed by atoms with van der Waals surface area (Å²) in [5.74, 6) is 1.67. The quantitative estimate of drug-likeness (QED) is 0.781. The molecule has 5 heteroatoms. The molecular weight excluding hydrogens is 262 g/mol. The van der Waals surface area contributed by atoms with Gasteiger partial charge in [0.25, 0.3) is 0 Å². The van der Waals surface area contributed by atoms with Gasteiger partial charge in [0.15, 0.2) is 11.5 Å². The molecule has 2 aromatic heterocycles. The lowest BCUT2D eigenvalue weighted by Gasteiger charge is -2.07. The molecule has 0 aliphatic heterocycles. The largest absolute Gasteiger partial charge is 0.371 e. The molecule has 0 atom stereocenters. The first-order chi connectivity index (χ1) is 10.3. The number of imidazole rings is 1. The van der Waals surface area contributed by atoms with Crippen LogP contribution < -0.4 is 5.32 Å². The average molecular weight is 281 g/mol. The first-order valence-electron chi connectivity index (χ1n) is 7.25. The Morgan fingerprint density at radius 1 is 1.14 bits per heavy atom. The van der Waals surface area contributed by atoms with Crippen LogP contribution in [0.5, 0.6) is 0 Å². The van der Waals surface area contributed by atoms with E-state index in [2.05, 4.69) is 43.9 Å². The van der Waals surface area contributed by atoms with Crippen LogP contribution in [0.1, 0.15) is 24.7 Å². The summed E-state index contributed by atoms with van der Waals surface area (Å²) in [6.07, 6.45) is 3.74. The van der Waals surface area contributed by atoms with Crippen LogP contribution in [0, 0.1) is 0 Å². The number of hydrogen-bond acceptors (Lipinski definition) is 4. The summed E-state index contributed by atoms with van der Waals surface area (Å²) < 4.78 is 2.08. The average Bonchev–Trinajstić information content (AvgIpc) is 2.91. The lowest BCUT2D eigenvalue weighted by atomic mass is 10.2. The van der Waals surface area contributed by atoms with Gasteiger partial charge in [0.1, 0.15) is 11.3 Å². The zero-order chi connectivity index (χ0) is 14.7. The number of nitrogens with zero attached hydrogens (tertiary/aromatic N) is 4. The third kappa shape index (κ3) is 2.72. The minimum absolute atomic E-state index is 0.767. The smallest absolute Gasteiger partial charge is 0.166 e. The minimum atomic E-state index is 0.767. The van der Waals surface area contributed by atoms with Gasteiger partial charge in [-0.2, -0.15) is 0 Å². The van der Waals surface area contributed by atoms with Crippen molar-refractivity contribution >= 4 is 17.0 Å². The van der Waals surface area contributed by atoms with Crippen molar-refractivity contribution in [1.82, 2.24) is 19.5 Å². The number of nitrogens with one attached hydrogen (secondary N) is 1. The molecule has 108 valence electrons. The van der Waals surface area contributed by atoms with E-state index in [-0.39, 0.29) is 0 Å². The van der Waals surface area contributed by atoms with E-state index in [1.807, 2.05) is 31.6 Å². The predicted octanol–water partition coefficient (Wildman–Crippen LogP) is 2.87. The molecule has 0 aliphatic carbocycles. The van der Waals surface area contributed by atoms with Crippen LogP contribution in [0.2, 0.25) is 0 Å². The van der Waals surface area contributed by atoms with Crippen molar-refractivity contribution in [1.29, 1.82) is 0 Å². The van der Waals surface area contributed by atoms with Gasteiger partial charge in [-0.1, -0.05) is 37.3 Å². The Morgan fingerprint density at radius 2 is 1.95 bits per heavy atom. The van der Waals surface area contributed by atoms with E-state index in [9.17, 15) is 0 Å². The van der Waals surface area contributed by atoms with E-state index in [0.717, 1.165) is 42.2 Å². The molecule has 21 heavy (non-hydrogen) atoms. The highest BCUT2D eigenvalue weighted by molar-refractivity contribution is 5.82. The Kier molecular flexibility index (Phi) is 3.81. The summed E-state index contributed by atoms with van der Waals surface area (Å²) in [5, 5.41) is 3.12. The fourth-order valence-electron chi connectivity index (χ4n) is 2.39. The normalized spacial score (nSPS) is 11.0. The lowest BCUT2D eigenvalue weighted by Crippen LogP contribution is -2.04. The lowest BCUT2D eigenvalue weighted by molar-refractivity contribution is 0.795. The third-order valence-electron chi connectivity index (χ3n) is 3.42. The van der Waals surface area contributed by atoms with Crippen molar-refractivity contribution in [2.75, 3.05) is 12.4 Å². The van der Waals surface area contributed by atoms with Crippen LogP contribution in [-0.4, -0.2) is 26.6 Å². The summed E-state index contributed by atoms with van der Waals surface area (Å²) in [4.78, 5) is 13.7. The van der Waals surface area contributed by atoms with Crippen LogP contribution >= 0.6 is 0 Å². The van der Waals surface area contributed by atoms with Gasteiger partial charge in [0, 0.05) is 13.5 Å². The van der Waals surface area contributed by atoms with Gasteiger partial charge in [-0.3, -0.25) is 0 Å². The molecule has 3 rings (SSSR count). The van der Waals surface area contributed by atoms with Gasteiger partial charge in [-0.15, -0.1) is 0 Å². The molecule has 3 aromatic rings. The summed E-state index contributed by atoms with van der Waals surface area (Å²) >= 11 is 0. The first-order valence-corrected chi connectivity index (χ1v) is 7.25. The van der Waals surface area contributed by atoms with Crippen LogP contribution in [0.4, 0.5) is 5.82 Å². The zero-order valence-corrected chi connectivity index (χ0v) is 12.4. The summed E-state index contributed by atoms with van der Waals surface area (Å²) in [6, 6.07) is 10.3. The summed E-state index contributed by atoms with van der Waals surface area (Å²) in [5.41, 5.74) is 2.95. The number of rotatable bonds is 5. The minimum Gasteiger partial charge on any atom is -0.371 e. The number of hydrogen-bond donors (Lipinski definition) is 1. The molecule has 0 unspecified atom stereocenters. The number of fused-ring (bicyclic) bond motifs is 1. The van der Waals surface area contributed by atoms with Gasteiger partial charge >= 0.3 is 0 Å². The first kappa shape index (κ1) is 13.5. The number of aromatic nitrogens is 4. The SMILES string of the molecule is CCCc1nc(NC)c2ncn(Cc3ccccc3)c2n1. The molecule has 5 nitrogen and oxygen atoms in total. The molecular formula is C16H19N5. The topological polar surface area (TPSA) is 55.6 Å². The van der Waals surface area contributed by atoms with Crippen LogP contribution in [0.3, 0.4) is 0 Å². The maximum Gasteiger partial charge on any atom is 0.166 e. The van der Waals surface area contributed by atoms with Crippen molar-refractivity contribution in [3.05, 3.63) is 48.0 Å². The Labute approximate surface area is 124 Å². The van der Waals surface area contributed by atoms with Gasteiger partial charge in [0.2, 0.25) is 0 Å². The van der Waals surface area contributed by atoms with E-state index in [4.69, 9.17) is 0 Å². The van der Waals surface area contributed by atoms with Gasteiger partial charge < -0.3 is 9.88 Å². The van der Waals surface area contributed by atoms with E-state index in [1.54, 1.807) is 0 Å². The predicted molar refractivity (Wildman–Crippen MR) is 84.4 cm³/mol. The van der Waals surface area contributed by atoms with E-state index in [1.165, 1.54) is 5.56 Å². The van der Waals surface area contributed by atoms with Gasteiger partial charge in [0.05, 0.1) is 12.9 Å². The Hall–Kier alpha value is -2.43. The number of anilines is 1. The summed E-state index contributed by atoms with van der Waals surface area (Å²) in [7, 11) is 1.87. The van der Waals surface area contributed by atoms with Crippen molar-refractivity contribution in [2.45, 2.75) is 26.3 Å².